The summed E-state index contributed by atoms with van der Waals surface area (Å²) in [6.45, 7) is 0.802. The van der Waals surface area contributed by atoms with E-state index >= 15 is 0 Å². The van der Waals surface area contributed by atoms with E-state index < -0.39 is 60.4 Å². The van der Waals surface area contributed by atoms with E-state index in [1.165, 1.54) is 18.7 Å². The summed E-state index contributed by atoms with van der Waals surface area (Å²) < 4.78 is 0. The van der Waals surface area contributed by atoms with Crippen LogP contribution >= 0.6 is 11.8 Å². The van der Waals surface area contributed by atoms with Crippen LogP contribution in [0.25, 0.3) is 0 Å². The predicted octanol–water partition coefficient (Wildman–Crippen LogP) is -3.12. The standard InChI is InChI=1S/C16H29N5O7S/c1-8(22)13(18)15(26)21-9(5-6-29-2)14(25)19-7-12(24)20-10(16(27)28)3-4-11(17)23/h8-10,13,22H,3-7,18H2,1-2H3,(H2,17,23)(H,19,25)(H,20,24)(H,21,26)(H,27,28). The van der Waals surface area contributed by atoms with Crippen molar-refractivity contribution in [3.8, 4) is 0 Å². The number of aliphatic carboxylic acids is 1. The summed E-state index contributed by atoms with van der Waals surface area (Å²) in [4.78, 5) is 58.1. The van der Waals surface area contributed by atoms with Crippen molar-refractivity contribution >= 4 is 41.4 Å². The van der Waals surface area contributed by atoms with Crippen LogP contribution in [-0.2, 0) is 24.0 Å². The average molecular weight is 436 g/mol. The molecule has 4 amide bonds. The fourth-order valence-electron chi connectivity index (χ4n) is 2.07. The minimum absolute atomic E-state index is 0.187. The van der Waals surface area contributed by atoms with Gasteiger partial charge in [0.15, 0.2) is 0 Å². The number of primary amides is 1. The Kier molecular flexibility index (Phi) is 12.6. The Hall–Kier alpha value is -2.38. The van der Waals surface area contributed by atoms with Crippen LogP contribution in [0.5, 0.6) is 0 Å². The quantitative estimate of drug-likeness (QED) is 0.147. The number of aliphatic hydroxyl groups is 1. The van der Waals surface area contributed by atoms with Gasteiger partial charge in [-0.1, -0.05) is 0 Å². The third-order valence-electron chi connectivity index (χ3n) is 3.80. The van der Waals surface area contributed by atoms with Gasteiger partial charge in [-0.15, -0.1) is 0 Å². The van der Waals surface area contributed by atoms with Gasteiger partial charge in [-0.2, -0.15) is 11.8 Å². The minimum Gasteiger partial charge on any atom is -0.480 e. The van der Waals surface area contributed by atoms with Crippen molar-refractivity contribution in [2.24, 2.45) is 11.5 Å². The number of carbonyl (C=O) groups excluding carboxylic acids is 4. The Morgan fingerprint density at radius 2 is 1.66 bits per heavy atom. The first-order chi connectivity index (χ1) is 13.5. The lowest BCUT2D eigenvalue weighted by Gasteiger charge is -2.21. The number of hydrogen-bond donors (Lipinski definition) is 7. The molecule has 29 heavy (non-hydrogen) atoms. The van der Waals surface area contributed by atoms with Crippen molar-refractivity contribution < 1.29 is 34.2 Å². The second kappa shape index (κ2) is 13.7. The molecule has 0 bridgehead atoms. The maximum absolute atomic E-state index is 12.3. The predicted molar refractivity (Wildman–Crippen MR) is 106 cm³/mol. The van der Waals surface area contributed by atoms with Crippen LogP contribution in [0.2, 0.25) is 0 Å². The Morgan fingerprint density at radius 1 is 1.03 bits per heavy atom. The fourth-order valence-corrected chi connectivity index (χ4v) is 2.54. The van der Waals surface area contributed by atoms with Gasteiger partial charge in [0, 0.05) is 6.42 Å². The number of nitrogens with two attached hydrogens (primary N) is 2. The summed E-state index contributed by atoms with van der Waals surface area (Å²) in [5.41, 5.74) is 10.5. The smallest absolute Gasteiger partial charge is 0.326 e. The van der Waals surface area contributed by atoms with Crippen molar-refractivity contribution in [3.63, 3.8) is 0 Å². The Labute approximate surface area is 172 Å². The molecule has 0 aliphatic rings. The number of carbonyl (C=O) groups is 5. The zero-order chi connectivity index (χ0) is 22.6. The van der Waals surface area contributed by atoms with Gasteiger partial charge in [-0.05, 0) is 31.8 Å². The third-order valence-corrected chi connectivity index (χ3v) is 4.45. The average Bonchev–Trinajstić information content (AvgIpc) is 2.64. The highest BCUT2D eigenvalue weighted by Gasteiger charge is 2.26. The van der Waals surface area contributed by atoms with E-state index in [1.54, 1.807) is 0 Å². The van der Waals surface area contributed by atoms with Crippen molar-refractivity contribution in [2.45, 2.75) is 50.4 Å². The molecule has 13 heteroatoms. The van der Waals surface area contributed by atoms with Gasteiger partial charge in [0.2, 0.25) is 23.6 Å². The largest absolute Gasteiger partial charge is 0.480 e. The molecule has 0 aromatic carbocycles. The number of thioether (sulfide) groups is 1. The van der Waals surface area contributed by atoms with Gasteiger partial charge in [-0.25, -0.2) is 4.79 Å². The highest BCUT2D eigenvalue weighted by Crippen LogP contribution is 2.02. The molecule has 0 aliphatic carbocycles. The number of aliphatic hydroxyl groups excluding tert-OH is 1. The van der Waals surface area contributed by atoms with Crippen molar-refractivity contribution in [2.75, 3.05) is 18.6 Å². The normalized spacial score (nSPS) is 14.8. The van der Waals surface area contributed by atoms with Crippen LogP contribution in [0.3, 0.4) is 0 Å². The van der Waals surface area contributed by atoms with Gasteiger partial charge in [-0.3, -0.25) is 19.2 Å². The zero-order valence-corrected chi connectivity index (χ0v) is 17.2. The van der Waals surface area contributed by atoms with Crippen LogP contribution in [0.15, 0.2) is 0 Å². The Morgan fingerprint density at radius 3 is 2.14 bits per heavy atom. The molecular weight excluding hydrogens is 406 g/mol. The van der Waals surface area contributed by atoms with Crippen molar-refractivity contribution in [3.05, 3.63) is 0 Å². The van der Waals surface area contributed by atoms with Gasteiger partial charge in [0.1, 0.15) is 18.1 Å². The SMILES string of the molecule is CSCCC(NC(=O)C(N)C(C)O)C(=O)NCC(=O)NC(CCC(N)=O)C(=O)O. The van der Waals surface area contributed by atoms with Gasteiger partial charge < -0.3 is 37.6 Å². The minimum atomic E-state index is -1.34. The molecule has 12 nitrogen and oxygen atoms in total. The molecule has 0 heterocycles. The Balaban J connectivity index is 4.78. The van der Waals surface area contributed by atoms with Crippen LogP contribution in [-0.4, -0.2) is 82.6 Å². The van der Waals surface area contributed by atoms with E-state index in [1.807, 2.05) is 6.26 Å². The number of rotatable bonds is 14. The maximum atomic E-state index is 12.3. The van der Waals surface area contributed by atoms with Crippen LogP contribution in [0, 0.1) is 0 Å². The van der Waals surface area contributed by atoms with E-state index in [4.69, 9.17) is 16.6 Å². The number of carboxylic acid groups (broad SMARTS) is 1. The highest BCUT2D eigenvalue weighted by atomic mass is 32.2. The molecule has 0 rings (SSSR count). The molecule has 4 atom stereocenters. The molecule has 9 N–H and O–H groups in total. The summed E-state index contributed by atoms with van der Waals surface area (Å²) in [6, 6.07) is -3.54. The zero-order valence-electron chi connectivity index (χ0n) is 16.3. The van der Waals surface area contributed by atoms with Crippen LogP contribution < -0.4 is 27.4 Å². The molecule has 0 saturated carbocycles. The Bertz CT molecular complexity index is 602. The highest BCUT2D eigenvalue weighted by molar-refractivity contribution is 7.98. The maximum Gasteiger partial charge on any atom is 0.326 e. The molecule has 0 spiro atoms. The van der Waals surface area contributed by atoms with Gasteiger partial charge in [0.05, 0.1) is 12.6 Å². The van der Waals surface area contributed by atoms with E-state index in [0.29, 0.717) is 5.75 Å². The second-order valence-electron chi connectivity index (χ2n) is 6.29. The summed E-state index contributed by atoms with van der Waals surface area (Å²) in [7, 11) is 0. The summed E-state index contributed by atoms with van der Waals surface area (Å²) in [5.74, 6) is -3.69. The van der Waals surface area contributed by atoms with E-state index in [9.17, 15) is 29.1 Å². The van der Waals surface area contributed by atoms with E-state index in [2.05, 4.69) is 16.0 Å². The first kappa shape index (κ1) is 26.6. The molecule has 0 fully saturated rings. The molecule has 0 saturated heterocycles. The van der Waals surface area contributed by atoms with Gasteiger partial charge >= 0.3 is 5.97 Å². The number of amides is 4. The summed E-state index contributed by atoms with van der Waals surface area (Å²) >= 11 is 1.44. The second-order valence-corrected chi connectivity index (χ2v) is 7.28. The molecule has 0 radical (unpaired) electrons. The van der Waals surface area contributed by atoms with E-state index in [0.717, 1.165) is 0 Å². The number of hydrogen-bond acceptors (Lipinski definition) is 8. The molecule has 0 aromatic heterocycles. The first-order valence-corrected chi connectivity index (χ1v) is 10.2. The molecule has 0 aromatic rings. The van der Waals surface area contributed by atoms with E-state index in [-0.39, 0.29) is 19.3 Å². The number of nitrogens with one attached hydrogen (secondary N) is 3. The topological polar surface area (TPSA) is 214 Å². The molecular formula is C16H29N5O7S. The summed E-state index contributed by atoms with van der Waals surface area (Å²) in [6.07, 6.45) is 0.537. The number of carboxylic acids is 1. The lowest BCUT2D eigenvalue weighted by Crippen LogP contribution is -2.55. The van der Waals surface area contributed by atoms with Crippen LogP contribution in [0.4, 0.5) is 0 Å². The third kappa shape index (κ3) is 11.3. The molecule has 0 aliphatic heterocycles. The summed E-state index contributed by atoms with van der Waals surface area (Å²) in [5, 5.41) is 25.3. The monoisotopic (exact) mass is 435 g/mol. The van der Waals surface area contributed by atoms with Crippen molar-refractivity contribution in [1.82, 2.24) is 16.0 Å². The van der Waals surface area contributed by atoms with Crippen molar-refractivity contribution in [1.29, 1.82) is 0 Å². The fraction of sp³-hybridized carbons (Fsp3) is 0.688. The van der Waals surface area contributed by atoms with Gasteiger partial charge in [0.25, 0.3) is 0 Å². The lowest BCUT2D eigenvalue weighted by molar-refractivity contribution is -0.142. The first-order valence-electron chi connectivity index (χ1n) is 8.80. The van der Waals surface area contributed by atoms with Crippen LogP contribution in [0.1, 0.15) is 26.2 Å². The lowest BCUT2D eigenvalue weighted by atomic mass is 10.1. The molecule has 166 valence electrons. The molecule has 4 unspecified atom stereocenters.